The van der Waals surface area contributed by atoms with E-state index in [1.807, 2.05) is 18.5 Å². The van der Waals surface area contributed by atoms with Gasteiger partial charge in [-0.15, -0.1) is 10.2 Å². The van der Waals surface area contributed by atoms with Gasteiger partial charge in [-0.05, 0) is 32.6 Å². The Morgan fingerprint density at radius 2 is 1.77 bits per heavy atom. The van der Waals surface area contributed by atoms with Gasteiger partial charge in [0.05, 0.1) is 0 Å². The van der Waals surface area contributed by atoms with Crippen molar-refractivity contribution < 1.29 is 0 Å². The molecule has 0 spiro atoms. The first-order valence-electron chi connectivity index (χ1n) is 10.4. The predicted molar refractivity (Wildman–Crippen MR) is 103 cm³/mol. The number of rotatable bonds is 4. The van der Waals surface area contributed by atoms with E-state index in [9.17, 15) is 0 Å². The highest BCUT2D eigenvalue weighted by Crippen LogP contribution is 2.24. The van der Waals surface area contributed by atoms with Gasteiger partial charge in [-0.1, -0.05) is 19.3 Å². The van der Waals surface area contributed by atoms with E-state index in [0.29, 0.717) is 12.6 Å². The van der Waals surface area contributed by atoms with E-state index in [0.717, 1.165) is 36.7 Å². The molecule has 2 aliphatic carbocycles. The number of hydrogen-bond donors (Lipinski definition) is 1. The van der Waals surface area contributed by atoms with Crippen LogP contribution in [0.2, 0.25) is 0 Å². The van der Waals surface area contributed by atoms with Gasteiger partial charge in [0.25, 0.3) is 0 Å². The molecule has 144 valence electrons. The summed E-state index contributed by atoms with van der Waals surface area (Å²) in [5, 5.41) is 12.0. The zero-order valence-corrected chi connectivity index (χ0v) is 16.3. The van der Waals surface area contributed by atoms with Gasteiger partial charge in [0, 0.05) is 45.3 Å². The van der Waals surface area contributed by atoms with Crippen molar-refractivity contribution in [3.05, 3.63) is 11.6 Å². The minimum atomic E-state index is 0.592. The van der Waals surface area contributed by atoms with Crippen LogP contribution in [0.4, 0.5) is 0 Å². The number of aryl methyl sites for hydroxylation is 1. The Hall–Kier alpha value is -1.63. The van der Waals surface area contributed by atoms with E-state index in [-0.39, 0.29) is 0 Å². The summed E-state index contributed by atoms with van der Waals surface area (Å²) in [5.41, 5.74) is 0. The summed E-state index contributed by atoms with van der Waals surface area (Å²) in [7, 11) is 2.01. The van der Waals surface area contributed by atoms with Crippen LogP contribution < -0.4 is 5.32 Å². The molecule has 7 heteroatoms. The van der Waals surface area contributed by atoms with Crippen LogP contribution >= 0.6 is 0 Å². The van der Waals surface area contributed by atoms with Gasteiger partial charge in [0.15, 0.2) is 11.8 Å². The summed E-state index contributed by atoms with van der Waals surface area (Å²) in [6, 6.07) is 1.44. The average Bonchev–Trinajstić information content (AvgIpc) is 3.45. The Balaban J connectivity index is 1.37. The monoisotopic (exact) mass is 359 g/mol. The maximum Gasteiger partial charge on any atom is 0.194 e. The second-order valence-electron chi connectivity index (χ2n) is 8.10. The maximum atomic E-state index is 4.90. The number of aliphatic imine (C=N–C) groups is 1. The first kappa shape index (κ1) is 17.8. The van der Waals surface area contributed by atoms with Crippen LogP contribution in [-0.4, -0.2) is 68.8 Å². The Morgan fingerprint density at radius 1 is 1.04 bits per heavy atom. The van der Waals surface area contributed by atoms with Crippen LogP contribution in [0.25, 0.3) is 0 Å². The van der Waals surface area contributed by atoms with E-state index < -0.39 is 0 Å². The molecule has 0 radical (unpaired) electrons. The van der Waals surface area contributed by atoms with Crippen molar-refractivity contribution in [1.29, 1.82) is 0 Å². The second kappa shape index (κ2) is 7.94. The summed E-state index contributed by atoms with van der Waals surface area (Å²) in [5.74, 6) is 2.93. The van der Waals surface area contributed by atoms with Crippen molar-refractivity contribution in [2.24, 2.45) is 12.0 Å². The fraction of sp³-hybridized carbons (Fsp3) is 0.842. The van der Waals surface area contributed by atoms with Crippen LogP contribution in [0.5, 0.6) is 0 Å². The minimum Gasteiger partial charge on any atom is -0.353 e. The van der Waals surface area contributed by atoms with Crippen LogP contribution in [0.1, 0.15) is 56.6 Å². The van der Waals surface area contributed by atoms with Gasteiger partial charge in [-0.3, -0.25) is 4.90 Å². The molecule has 4 rings (SSSR count). The van der Waals surface area contributed by atoms with Gasteiger partial charge in [0.2, 0.25) is 0 Å². The molecule has 1 N–H and O–H groups in total. The fourth-order valence-electron chi connectivity index (χ4n) is 4.13. The fourth-order valence-corrected chi connectivity index (χ4v) is 4.13. The molecular formula is C19H33N7. The number of piperazine rings is 1. The zero-order valence-electron chi connectivity index (χ0n) is 16.3. The van der Waals surface area contributed by atoms with Gasteiger partial charge in [0.1, 0.15) is 12.4 Å². The summed E-state index contributed by atoms with van der Waals surface area (Å²) in [6.45, 7) is 7.06. The lowest BCUT2D eigenvalue weighted by atomic mass is 9.94. The minimum absolute atomic E-state index is 0.592. The number of guanidine groups is 1. The van der Waals surface area contributed by atoms with Crippen LogP contribution in [0, 0.1) is 6.92 Å². The molecule has 2 heterocycles. The van der Waals surface area contributed by atoms with E-state index in [4.69, 9.17) is 4.99 Å². The van der Waals surface area contributed by atoms with Crippen molar-refractivity contribution in [2.45, 2.75) is 70.5 Å². The van der Waals surface area contributed by atoms with Gasteiger partial charge in [-0.2, -0.15) is 0 Å². The Morgan fingerprint density at radius 3 is 2.38 bits per heavy atom. The molecule has 0 bridgehead atoms. The molecular weight excluding hydrogens is 326 g/mol. The Bertz CT molecular complexity index is 620. The molecule has 1 aliphatic heterocycles. The van der Waals surface area contributed by atoms with E-state index >= 15 is 0 Å². The predicted octanol–water partition coefficient (Wildman–Crippen LogP) is 1.68. The highest BCUT2D eigenvalue weighted by Gasteiger charge is 2.29. The first-order chi connectivity index (χ1) is 12.7. The third kappa shape index (κ3) is 4.19. The molecule has 0 atom stereocenters. The lowest BCUT2D eigenvalue weighted by molar-refractivity contribution is 0.106. The van der Waals surface area contributed by atoms with Crippen molar-refractivity contribution in [3.63, 3.8) is 0 Å². The second-order valence-corrected chi connectivity index (χ2v) is 8.10. The van der Waals surface area contributed by atoms with Gasteiger partial charge >= 0.3 is 0 Å². The average molecular weight is 360 g/mol. The van der Waals surface area contributed by atoms with Crippen molar-refractivity contribution in [1.82, 2.24) is 29.9 Å². The zero-order chi connectivity index (χ0) is 17.9. The van der Waals surface area contributed by atoms with Crippen LogP contribution in [0.15, 0.2) is 4.99 Å². The molecule has 1 saturated heterocycles. The molecule has 0 unspecified atom stereocenters. The van der Waals surface area contributed by atoms with Crippen molar-refractivity contribution >= 4 is 5.96 Å². The molecule has 3 aliphatic rings. The molecule has 3 fully saturated rings. The lowest BCUT2D eigenvalue weighted by Crippen LogP contribution is -2.55. The molecule has 0 amide bonds. The lowest BCUT2D eigenvalue weighted by Gasteiger charge is -2.41. The van der Waals surface area contributed by atoms with Crippen molar-refractivity contribution in [2.75, 3.05) is 26.2 Å². The highest BCUT2D eigenvalue weighted by molar-refractivity contribution is 5.80. The van der Waals surface area contributed by atoms with E-state index in [1.54, 1.807) is 0 Å². The smallest absolute Gasteiger partial charge is 0.194 e. The van der Waals surface area contributed by atoms with Crippen LogP contribution in [-0.2, 0) is 13.6 Å². The van der Waals surface area contributed by atoms with Gasteiger partial charge < -0.3 is 14.8 Å². The topological polar surface area (TPSA) is 61.6 Å². The number of hydrogen-bond acceptors (Lipinski definition) is 4. The number of nitrogens with zero attached hydrogens (tertiary/aromatic N) is 6. The summed E-state index contributed by atoms with van der Waals surface area (Å²) < 4.78 is 2.03. The SMILES string of the molecule is Cc1nnc(CN=C(NC2CC2)N2CCN(C3CCCCC3)CC2)n1C. The molecule has 2 saturated carbocycles. The Kier molecular flexibility index (Phi) is 5.43. The molecule has 26 heavy (non-hydrogen) atoms. The van der Waals surface area contributed by atoms with E-state index in [1.165, 1.54) is 58.0 Å². The number of nitrogens with one attached hydrogen (secondary N) is 1. The normalized spacial score (nSPS) is 23.5. The standard InChI is InChI=1S/C19H33N7/c1-15-22-23-18(24(15)2)14-20-19(21-16-8-9-16)26-12-10-25(11-13-26)17-6-4-3-5-7-17/h16-17H,3-14H2,1-2H3,(H,20,21). The summed E-state index contributed by atoms with van der Waals surface area (Å²) in [6.07, 6.45) is 9.59. The first-order valence-corrected chi connectivity index (χ1v) is 10.4. The van der Waals surface area contributed by atoms with Gasteiger partial charge in [-0.25, -0.2) is 4.99 Å². The highest BCUT2D eigenvalue weighted by atomic mass is 15.4. The molecule has 1 aromatic heterocycles. The third-order valence-corrected chi connectivity index (χ3v) is 6.17. The maximum absolute atomic E-state index is 4.90. The molecule has 7 nitrogen and oxygen atoms in total. The van der Waals surface area contributed by atoms with E-state index in [2.05, 4.69) is 25.3 Å². The van der Waals surface area contributed by atoms with Crippen LogP contribution in [0.3, 0.4) is 0 Å². The quantitative estimate of drug-likeness (QED) is 0.655. The Labute approximate surface area is 156 Å². The number of aromatic nitrogens is 3. The largest absolute Gasteiger partial charge is 0.353 e. The summed E-state index contributed by atoms with van der Waals surface area (Å²) >= 11 is 0. The molecule has 0 aromatic carbocycles. The third-order valence-electron chi connectivity index (χ3n) is 6.17. The van der Waals surface area contributed by atoms with Crippen molar-refractivity contribution in [3.8, 4) is 0 Å². The summed E-state index contributed by atoms with van der Waals surface area (Å²) in [4.78, 5) is 10.1. The molecule has 1 aromatic rings.